The minimum Gasteiger partial charge on any atom is -0.365 e. The zero-order valence-electron chi connectivity index (χ0n) is 11.4. The number of aromatic nitrogens is 2. The molecule has 0 unspecified atom stereocenters. The van der Waals surface area contributed by atoms with Crippen molar-refractivity contribution in [3.63, 3.8) is 0 Å². The lowest BCUT2D eigenvalue weighted by Crippen LogP contribution is -1.89. The fourth-order valence-electron chi connectivity index (χ4n) is 2.66. The van der Waals surface area contributed by atoms with Crippen LogP contribution < -0.4 is 5.32 Å². The highest BCUT2D eigenvalue weighted by atomic mass is 14.9. The topological polar surface area (TPSA) is 43.6 Å². The first-order chi connectivity index (χ1) is 10.4. The van der Waals surface area contributed by atoms with Crippen molar-refractivity contribution in [1.29, 1.82) is 0 Å². The third-order valence-electron chi connectivity index (χ3n) is 3.68. The molecule has 0 radical (unpaired) electrons. The Labute approximate surface area is 122 Å². The molecule has 0 atom stereocenters. The van der Waals surface area contributed by atoms with Crippen LogP contribution in [0, 0.1) is 0 Å². The smallest absolute Gasteiger partial charge is 0.0642 e. The molecule has 0 aliphatic rings. The van der Waals surface area contributed by atoms with Gasteiger partial charge in [-0.15, -0.1) is 0 Å². The standard InChI is InChI=1S/C18H15N3/c1-2-6-13(7-3-1)21-18-12-19-10-16(18)15-11-20-17-9-5-4-8-14(15)17/h1-12,19-21H. The summed E-state index contributed by atoms with van der Waals surface area (Å²) in [5, 5.41) is 4.69. The first kappa shape index (κ1) is 11.9. The Morgan fingerprint density at radius 2 is 1.52 bits per heavy atom. The maximum Gasteiger partial charge on any atom is 0.0642 e. The summed E-state index contributed by atoms with van der Waals surface area (Å²) in [6.07, 6.45) is 6.08. The largest absolute Gasteiger partial charge is 0.365 e. The molecule has 102 valence electrons. The zero-order chi connectivity index (χ0) is 14.1. The SMILES string of the molecule is c1ccc(Nc2c[nH]cc2-c2c[nH]c3ccccc23)cc1. The van der Waals surface area contributed by atoms with Crippen LogP contribution in [-0.2, 0) is 0 Å². The van der Waals surface area contributed by atoms with Gasteiger partial charge in [0, 0.05) is 46.3 Å². The Kier molecular flexibility index (Phi) is 2.75. The molecule has 4 aromatic rings. The molecule has 0 fully saturated rings. The molecule has 3 N–H and O–H groups in total. The number of hydrogen-bond donors (Lipinski definition) is 3. The minimum atomic E-state index is 1.07. The molecule has 3 nitrogen and oxygen atoms in total. The Morgan fingerprint density at radius 1 is 0.714 bits per heavy atom. The van der Waals surface area contributed by atoms with Crippen LogP contribution in [0.15, 0.2) is 73.2 Å². The van der Waals surface area contributed by atoms with E-state index in [1.54, 1.807) is 0 Å². The van der Waals surface area contributed by atoms with Crippen molar-refractivity contribution in [3.05, 3.63) is 73.2 Å². The summed E-state index contributed by atoms with van der Waals surface area (Å²) < 4.78 is 0. The van der Waals surface area contributed by atoms with Crippen molar-refractivity contribution < 1.29 is 0 Å². The summed E-state index contributed by atoms with van der Waals surface area (Å²) in [6.45, 7) is 0. The molecule has 21 heavy (non-hydrogen) atoms. The summed E-state index contributed by atoms with van der Waals surface area (Å²) in [6, 6.07) is 18.5. The maximum atomic E-state index is 3.46. The Morgan fingerprint density at radius 3 is 2.43 bits per heavy atom. The third kappa shape index (κ3) is 2.09. The second kappa shape index (κ2) is 4.87. The molecule has 0 bridgehead atoms. The number of para-hydroxylation sites is 2. The van der Waals surface area contributed by atoms with Gasteiger partial charge in [0.2, 0.25) is 0 Å². The van der Waals surface area contributed by atoms with Gasteiger partial charge in [0.25, 0.3) is 0 Å². The van der Waals surface area contributed by atoms with Crippen LogP contribution in [0.4, 0.5) is 11.4 Å². The van der Waals surface area contributed by atoms with Crippen molar-refractivity contribution >= 4 is 22.3 Å². The van der Waals surface area contributed by atoms with Gasteiger partial charge in [-0.05, 0) is 18.2 Å². The van der Waals surface area contributed by atoms with Gasteiger partial charge in [0.05, 0.1) is 5.69 Å². The summed E-state index contributed by atoms with van der Waals surface area (Å²) in [7, 11) is 0. The number of H-pyrrole nitrogens is 2. The third-order valence-corrected chi connectivity index (χ3v) is 3.68. The number of benzene rings is 2. The predicted molar refractivity (Wildman–Crippen MR) is 87.8 cm³/mol. The lowest BCUT2D eigenvalue weighted by molar-refractivity contribution is 1.41. The number of nitrogens with one attached hydrogen (secondary N) is 3. The second-order valence-corrected chi connectivity index (χ2v) is 5.02. The van der Waals surface area contributed by atoms with Gasteiger partial charge < -0.3 is 15.3 Å². The van der Waals surface area contributed by atoms with E-state index in [0.29, 0.717) is 0 Å². The molecule has 0 saturated heterocycles. The average Bonchev–Trinajstić information content (AvgIpc) is 3.14. The van der Waals surface area contributed by atoms with Gasteiger partial charge >= 0.3 is 0 Å². The molecule has 0 aliphatic carbocycles. The highest BCUT2D eigenvalue weighted by molar-refractivity contribution is 5.99. The monoisotopic (exact) mass is 273 g/mol. The quantitative estimate of drug-likeness (QED) is 0.488. The molecule has 2 aromatic heterocycles. The fraction of sp³-hybridized carbons (Fsp3) is 0. The Balaban J connectivity index is 1.78. The molecular weight excluding hydrogens is 258 g/mol. The zero-order valence-corrected chi connectivity index (χ0v) is 11.4. The van der Waals surface area contributed by atoms with Crippen LogP contribution in [0.2, 0.25) is 0 Å². The molecule has 0 aliphatic heterocycles. The Bertz CT molecular complexity index is 872. The second-order valence-electron chi connectivity index (χ2n) is 5.02. The molecule has 2 aromatic carbocycles. The van der Waals surface area contributed by atoms with Gasteiger partial charge in [0.1, 0.15) is 0 Å². The molecule has 0 spiro atoms. The lowest BCUT2D eigenvalue weighted by Gasteiger charge is -2.07. The molecule has 0 amide bonds. The van der Waals surface area contributed by atoms with E-state index in [2.05, 4.69) is 51.8 Å². The summed E-state index contributed by atoms with van der Waals surface area (Å²) >= 11 is 0. The van der Waals surface area contributed by atoms with E-state index in [-0.39, 0.29) is 0 Å². The van der Waals surface area contributed by atoms with E-state index in [0.717, 1.165) is 22.5 Å². The Hall–Kier alpha value is -2.94. The van der Waals surface area contributed by atoms with Crippen molar-refractivity contribution in [3.8, 4) is 11.1 Å². The normalized spacial score (nSPS) is 10.9. The lowest BCUT2D eigenvalue weighted by atomic mass is 10.1. The summed E-state index contributed by atoms with van der Waals surface area (Å²) in [5.41, 5.74) is 5.67. The first-order valence-electron chi connectivity index (χ1n) is 6.97. The van der Waals surface area contributed by atoms with Gasteiger partial charge in [-0.1, -0.05) is 36.4 Å². The number of fused-ring (bicyclic) bond motifs is 1. The van der Waals surface area contributed by atoms with E-state index in [9.17, 15) is 0 Å². The molecular formula is C18H15N3. The number of rotatable bonds is 3. The van der Waals surface area contributed by atoms with E-state index in [1.807, 2.05) is 36.7 Å². The highest BCUT2D eigenvalue weighted by Crippen LogP contribution is 2.34. The van der Waals surface area contributed by atoms with Crippen LogP contribution in [0.5, 0.6) is 0 Å². The van der Waals surface area contributed by atoms with Crippen LogP contribution in [-0.4, -0.2) is 9.97 Å². The first-order valence-corrected chi connectivity index (χ1v) is 6.97. The average molecular weight is 273 g/mol. The summed E-state index contributed by atoms with van der Waals surface area (Å²) in [4.78, 5) is 6.52. The fourth-order valence-corrected chi connectivity index (χ4v) is 2.66. The van der Waals surface area contributed by atoms with Crippen molar-refractivity contribution in [2.45, 2.75) is 0 Å². The van der Waals surface area contributed by atoms with Gasteiger partial charge in [-0.25, -0.2) is 0 Å². The molecule has 2 heterocycles. The maximum absolute atomic E-state index is 3.46. The van der Waals surface area contributed by atoms with Gasteiger partial charge in [-0.2, -0.15) is 0 Å². The number of anilines is 2. The van der Waals surface area contributed by atoms with Gasteiger partial charge in [-0.3, -0.25) is 0 Å². The molecule has 3 heteroatoms. The number of hydrogen-bond acceptors (Lipinski definition) is 1. The van der Waals surface area contributed by atoms with Crippen LogP contribution >= 0.6 is 0 Å². The van der Waals surface area contributed by atoms with Crippen LogP contribution in [0.3, 0.4) is 0 Å². The van der Waals surface area contributed by atoms with E-state index in [1.165, 1.54) is 10.9 Å². The van der Waals surface area contributed by atoms with E-state index >= 15 is 0 Å². The summed E-state index contributed by atoms with van der Waals surface area (Å²) in [5.74, 6) is 0. The van der Waals surface area contributed by atoms with E-state index in [4.69, 9.17) is 0 Å². The molecule has 0 saturated carbocycles. The van der Waals surface area contributed by atoms with Crippen molar-refractivity contribution in [2.24, 2.45) is 0 Å². The minimum absolute atomic E-state index is 1.07. The van der Waals surface area contributed by atoms with Gasteiger partial charge in [0.15, 0.2) is 0 Å². The van der Waals surface area contributed by atoms with E-state index < -0.39 is 0 Å². The van der Waals surface area contributed by atoms with Crippen molar-refractivity contribution in [1.82, 2.24) is 9.97 Å². The molecule has 4 rings (SSSR count). The predicted octanol–water partition coefficient (Wildman–Crippen LogP) is 4.91. The highest BCUT2D eigenvalue weighted by Gasteiger charge is 2.11. The van der Waals surface area contributed by atoms with Crippen LogP contribution in [0.25, 0.3) is 22.0 Å². The van der Waals surface area contributed by atoms with Crippen LogP contribution in [0.1, 0.15) is 0 Å². The van der Waals surface area contributed by atoms with Crippen molar-refractivity contribution in [2.75, 3.05) is 5.32 Å². The number of aromatic amines is 2.